The van der Waals surface area contributed by atoms with E-state index in [9.17, 15) is 9.59 Å². The molecule has 0 bridgehead atoms. The summed E-state index contributed by atoms with van der Waals surface area (Å²) in [5, 5.41) is 15.0. The summed E-state index contributed by atoms with van der Waals surface area (Å²) in [6, 6.07) is 14.0. The van der Waals surface area contributed by atoms with Gasteiger partial charge in [0.2, 0.25) is 5.01 Å². The molecule has 2 N–H and O–H groups in total. The number of anilines is 1. The molecule has 0 radical (unpaired) electrons. The summed E-state index contributed by atoms with van der Waals surface area (Å²) < 4.78 is 5.67. The van der Waals surface area contributed by atoms with Gasteiger partial charge in [-0.15, -0.1) is 10.2 Å². The number of hydrogen-bond acceptors (Lipinski definition) is 6. The highest BCUT2D eigenvalue weighted by Gasteiger charge is 2.23. The molecule has 4 rings (SSSR count). The van der Waals surface area contributed by atoms with Crippen molar-refractivity contribution in [3.63, 3.8) is 0 Å². The first-order valence-electron chi connectivity index (χ1n) is 9.00. The lowest BCUT2D eigenvalue weighted by Crippen LogP contribution is -2.25. The van der Waals surface area contributed by atoms with Crippen molar-refractivity contribution in [3.8, 4) is 5.75 Å². The zero-order valence-corrected chi connectivity index (χ0v) is 16.8. The SMILES string of the molecule is O=C(NC1CC1)c1ccc(OCc2nnc(C(=O)Nc3ccc(Cl)cc3)s2)cc1. The van der Waals surface area contributed by atoms with Gasteiger partial charge < -0.3 is 15.4 Å². The molecule has 29 heavy (non-hydrogen) atoms. The molecule has 1 saturated carbocycles. The molecule has 0 unspecified atom stereocenters. The van der Waals surface area contributed by atoms with Gasteiger partial charge in [-0.05, 0) is 61.4 Å². The van der Waals surface area contributed by atoms with Gasteiger partial charge in [-0.3, -0.25) is 9.59 Å². The van der Waals surface area contributed by atoms with Gasteiger partial charge in [0.05, 0.1) is 0 Å². The molecule has 0 atom stereocenters. The maximum Gasteiger partial charge on any atom is 0.286 e. The highest BCUT2D eigenvalue weighted by Crippen LogP contribution is 2.21. The van der Waals surface area contributed by atoms with Crippen LogP contribution in [0.4, 0.5) is 5.69 Å². The summed E-state index contributed by atoms with van der Waals surface area (Å²) in [4.78, 5) is 24.2. The summed E-state index contributed by atoms with van der Waals surface area (Å²) >= 11 is 6.99. The molecule has 1 aliphatic carbocycles. The van der Waals surface area contributed by atoms with E-state index in [0.29, 0.717) is 33.1 Å². The maximum atomic E-state index is 12.3. The van der Waals surface area contributed by atoms with Gasteiger partial charge >= 0.3 is 0 Å². The lowest BCUT2D eigenvalue weighted by Gasteiger charge is -2.06. The van der Waals surface area contributed by atoms with Crippen molar-refractivity contribution in [1.82, 2.24) is 15.5 Å². The Morgan fingerprint density at radius 1 is 1.03 bits per heavy atom. The molecule has 3 aromatic rings. The predicted molar refractivity (Wildman–Crippen MR) is 111 cm³/mol. The van der Waals surface area contributed by atoms with Crippen LogP contribution in [0, 0.1) is 0 Å². The van der Waals surface area contributed by atoms with Crippen molar-refractivity contribution in [1.29, 1.82) is 0 Å². The van der Waals surface area contributed by atoms with Crippen LogP contribution in [0.5, 0.6) is 5.75 Å². The highest BCUT2D eigenvalue weighted by molar-refractivity contribution is 7.13. The quantitative estimate of drug-likeness (QED) is 0.595. The van der Waals surface area contributed by atoms with Gasteiger partial charge in [0, 0.05) is 22.3 Å². The van der Waals surface area contributed by atoms with E-state index in [0.717, 1.165) is 24.2 Å². The maximum absolute atomic E-state index is 12.3. The molecule has 0 aliphatic heterocycles. The van der Waals surface area contributed by atoms with Crippen LogP contribution >= 0.6 is 22.9 Å². The Morgan fingerprint density at radius 2 is 1.76 bits per heavy atom. The van der Waals surface area contributed by atoms with Crippen LogP contribution in [0.3, 0.4) is 0 Å². The Labute approximate surface area is 176 Å². The summed E-state index contributed by atoms with van der Waals surface area (Å²) in [5.74, 6) is 0.192. The average molecular weight is 429 g/mol. The Morgan fingerprint density at radius 3 is 2.45 bits per heavy atom. The van der Waals surface area contributed by atoms with Crippen LogP contribution in [-0.2, 0) is 6.61 Å². The molecule has 2 aromatic carbocycles. The third-order valence-corrected chi connectivity index (χ3v) is 5.30. The van der Waals surface area contributed by atoms with Crippen LogP contribution in [0.25, 0.3) is 0 Å². The number of hydrogen-bond donors (Lipinski definition) is 2. The third kappa shape index (κ3) is 5.30. The van der Waals surface area contributed by atoms with Crippen LogP contribution in [0.1, 0.15) is 38.0 Å². The monoisotopic (exact) mass is 428 g/mol. The first-order valence-corrected chi connectivity index (χ1v) is 10.2. The number of halogens is 1. The van der Waals surface area contributed by atoms with Crippen molar-refractivity contribution in [2.45, 2.75) is 25.5 Å². The number of nitrogens with zero attached hydrogens (tertiary/aromatic N) is 2. The summed E-state index contributed by atoms with van der Waals surface area (Å²) in [6.45, 7) is 0.180. The van der Waals surface area contributed by atoms with Gasteiger partial charge in [0.15, 0.2) is 5.01 Å². The average Bonchev–Trinajstić information content (AvgIpc) is 3.41. The summed E-state index contributed by atoms with van der Waals surface area (Å²) in [7, 11) is 0. The number of benzene rings is 2. The van der Waals surface area contributed by atoms with E-state index in [4.69, 9.17) is 16.3 Å². The Hall–Kier alpha value is -2.97. The first kappa shape index (κ1) is 19.4. The largest absolute Gasteiger partial charge is 0.486 e. The van der Waals surface area contributed by atoms with E-state index in [2.05, 4.69) is 20.8 Å². The number of carbonyl (C=O) groups excluding carboxylic acids is 2. The minimum Gasteiger partial charge on any atom is -0.486 e. The normalized spacial score (nSPS) is 13.0. The summed E-state index contributed by atoms with van der Waals surface area (Å²) in [5.41, 5.74) is 1.22. The van der Waals surface area contributed by atoms with Crippen molar-refractivity contribution in [2.24, 2.45) is 0 Å². The number of aromatic nitrogens is 2. The van der Waals surface area contributed by atoms with E-state index in [-0.39, 0.29) is 23.4 Å². The van der Waals surface area contributed by atoms with Gasteiger partial charge in [-0.25, -0.2) is 0 Å². The molecule has 1 fully saturated rings. The number of rotatable bonds is 7. The zero-order chi connectivity index (χ0) is 20.2. The van der Waals surface area contributed by atoms with E-state index in [1.807, 2.05) is 0 Å². The molecule has 0 saturated heterocycles. The lowest BCUT2D eigenvalue weighted by atomic mass is 10.2. The number of ether oxygens (including phenoxy) is 1. The highest BCUT2D eigenvalue weighted by atomic mass is 35.5. The second-order valence-corrected chi connectivity index (χ2v) is 8.02. The Kier molecular flexibility index (Phi) is 5.73. The number of carbonyl (C=O) groups is 2. The zero-order valence-electron chi connectivity index (χ0n) is 15.2. The van der Waals surface area contributed by atoms with Crippen molar-refractivity contribution in [3.05, 3.63) is 69.1 Å². The molecule has 7 nitrogen and oxygen atoms in total. The van der Waals surface area contributed by atoms with E-state index in [1.54, 1.807) is 48.5 Å². The predicted octanol–water partition coefficient (Wildman–Crippen LogP) is 3.92. The van der Waals surface area contributed by atoms with Crippen molar-refractivity contribution >= 4 is 40.4 Å². The second kappa shape index (κ2) is 8.59. The lowest BCUT2D eigenvalue weighted by molar-refractivity contribution is 0.0950. The van der Waals surface area contributed by atoms with E-state index < -0.39 is 0 Å². The van der Waals surface area contributed by atoms with Gasteiger partial charge in [-0.1, -0.05) is 22.9 Å². The first-order chi connectivity index (χ1) is 14.1. The molecule has 0 spiro atoms. The van der Waals surface area contributed by atoms with E-state index in [1.165, 1.54) is 0 Å². The number of amides is 2. The molecule has 2 amide bonds. The van der Waals surface area contributed by atoms with Crippen molar-refractivity contribution < 1.29 is 14.3 Å². The molecular formula is C20H17ClN4O3S. The second-order valence-electron chi connectivity index (χ2n) is 6.52. The molecule has 1 aliphatic rings. The molecule has 148 valence electrons. The van der Waals surface area contributed by atoms with Crippen LogP contribution in [-0.4, -0.2) is 28.1 Å². The van der Waals surface area contributed by atoms with Gasteiger partial charge in [0.25, 0.3) is 11.8 Å². The molecule has 1 heterocycles. The van der Waals surface area contributed by atoms with Gasteiger partial charge in [-0.2, -0.15) is 0 Å². The minimum atomic E-state index is -0.345. The third-order valence-electron chi connectivity index (χ3n) is 4.15. The molecule has 9 heteroatoms. The Bertz CT molecular complexity index is 1020. The fourth-order valence-corrected chi connectivity index (χ4v) is 3.24. The standard InChI is InChI=1S/C20H17ClN4O3S/c21-13-3-5-14(6-4-13)23-19(27)20-25-24-17(29-20)11-28-16-9-1-12(2-10-16)18(26)22-15-7-8-15/h1-6,9-10,15H,7-8,11H2,(H,22,26)(H,23,27). The van der Waals surface area contributed by atoms with Crippen molar-refractivity contribution in [2.75, 3.05) is 5.32 Å². The minimum absolute atomic E-state index is 0.0699. The topological polar surface area (TPSA) is 93.2 Å². The number of nitrogens with one attached hydrogen (secondary N) is 2. The fourth-order valence-electron chi connectivity index (χ4n) is 2.47. The van der Waals surface area contributed by atoms with Crippen LogP contribution in [0.15, 0.2) is 48.5 Å². The smallest absolute Gasteiger partial charge is 0.286 e. The van der Waals surface area contributed by atoms with E-state index >= 15 is 0 Å². The molecular weight excluding hydrogens is 412 g/mol. The Balaban J connectivity index is 1.30. The summed E-state index contributed by atoms with van der Waals surface area (Å²) in [6.07, 6.45) is 2.10. The fraction of sp³-hybridized carbons (Fsp3) is 0.200. The van der Waals surface area contributed by atoms with Crippen LogP contribution < -0.4 is 15.4 Å². The van der Waals surface area contributed by atoms with Crippen LogP contribution in [0.2, 0.25) is 5.02 Å². The molecule has 1 aromatic heterocycles. The van der Waals surface area contributed by atoms with Gasteiger partial charge in [0.1, 0.15) is 12.4 Å².